The van der Waals surface area contributed by atoms with Crippen molar-refractivity contribution < 1.29 is 30.5 Å². The van der Waals surface area contributed by atoms with E-state index in [1.807, 2.05) is 0 Å². The van der Waals surface area contributed by atoms with Gasteiger partial charge in [0, 0.05) is 33.4 Å². The zero-order valence-corrected chi connectivity index (χ0v) is 6.05. The Morgan fingerprint density at radius 2 is 1.89 bits per heavy atom. The van der Waals surface area contributed by atoms with E-state index in [9.17, 15) is 8.78 Å². The molecule has 0 radical (unpaired) electrons. The van der Waals surface area contributed by atoms with Gasteiger partial charge in [-0.3, -0.25) is 4.39 Å². The summed E-state index contributed by atoms with van der Waals surface area (Å²) in [6, 6.07) is 5.08. The van der Waals surface area contributed by atoms with E-state index < -0.39 is 11.6 Å². The fraction of sp³-hybridized carbons (Fsp3) is 0. The fourth-order valence-electron chi connectivity index (χ4n) is 0.387. The molecule has 1 rings (SSSR count). The van der Waals surface area contributed by atoms with E-state index in [4.69, 9.17) is 0 Å². The summed E-state index contributed by atoms with van der Waals surface area (Å²) in [5, 5.41) is 0. The second kappa shape index (κ2) is 3.75. The molecular weight excluding hydrogens is 158 g/mol. The van der Waals surface area contributed by atoms with Gasteiger partial charge in [0.2, 0.25) is 0 Å². The third-order valence-corrected chi connectivity index (χ3v) is 0.737. The van der Waals surface area contributed by atoms with Gasteiger partial charge >= 0.3 is 0 Å². The summed E-state index contributed by atoms with van der Waals surface area (Å²) in [5.41, 5.74) is 0. The average Bonchev–Trinajstić information content (AvgIpc) is 1.77. The van der Waals surface area contributed by atoms with Crippen LogP contribution in [-0.2, 0) is 21.7 Å². The maximum Gasteiger partial charge on any atom is 0.0110 e. The van der Waals surface area contributed by atoms with Crippen molar-refractivity contribution in [3.63, 3.8) is 0 Å². The Bertz CT molecular complexity index is 150. The molecule has 0 amide bonds. The Hall–Kier alpha value is -0.206. The van der Waals surface area contributed by atoms with Gasteiger partial charge in [-0.2, -0.15) is 0 Å². The smallest absolute Gasteiger partial charge is 0.0110 e. The monoisotopic (exact) mass is 161 g/mol. The van der Waals surface area contributed by atoms with Gasteiger partial charge in [-0.05, 0) is 0 Å². The van der Waals surface area contributed by atoms with Crippen LogP contribution in [0.15, 0.2) is 18.2 Å². The first-order valence-electron chi connectivity index (χ1n) is 2.12. The van der Waals surface area contributed by atoms with Crippen LogP contribution in [0, 0.1) is 17.7 Å². The van der Waals surface area contributed by atoms with Crippen molar-refractivity contribution in [3.05, 3.63) is 35.9 Å². The first kappa shape index (κ1) is 8.79. The van der Waals surface area contributed by atoms with E-state index in [-0.39, 0.29) is 21.7 Å². The van der Waals surface area contributed by atoms with E-state index in [1.54, 1.807) is 0 Å². The summed E-state index contributed by atoms with van der Waals surface area (Å²) >= 11 is 0. The molecule has 0 spiro atoms. The Morgan fingerprint density at radius 3 is 2.22 bits per heavy atom. The van der Waals surface area contributed by atoms with Gasteiger partial charge in [0.15, 0.2) is 0 Å². The molecule has 0 aliphatic carbocycles. The van der Waals surface area contributed by atoms with E-state index in [0.29, 0.717) is 0 Å². The fourth-order valence-corrected chi connectivity index (χ4v) is 0.387. The van der Waals surface area contributed by atoms with E-state index in [2.05, 4.69) is 6.07 Å². The van der Waals surface area contributed by atoms with E-state index >= 15 is 0 Å². The van der Waals surface area contributed by atoms with Crippen LogP contribution in [0.5, 0.6) is 0 Å². The van der Waals surface area contributed by atoms with Crippen molar-refractivity contribution >= 4 is 0 Å². The maximum absolute atomic E-state index is 11.9. The molecule has 0 heterocycles. The topological polar surface area (TPSA) is 0 Å². The Kier molecular flexibility index (Phi) is 3.67. The molecule has 0 saturated carbocycles. The van der Waals surface area contributed by atoms with Gasteiger partial charge in [-0.15, -0.1) is 24.3 Å². The first-order valence-corrected chi connectivity index (χ1v) is 2.12. The molecule has 0 nitrogen and oxygen atoms in total. The van der Waals surface area contributed by atoms with Gasteiger partial charge in [0.05, 0.1) is 0 Å². The molecule has 0 unspecified atom stereocenters. The number of benzene rings is 1. The summed E-state index contributed by atoms with van der Waals surface area (Å²) in [7, 11) is 0. The van der Waals surface area contributed by atoms with Crippen LogP contribution in [0.4, 0.5) is 8.78 Å². The zero-order valence-electron chi connectivity index (χ0n) is 4.49. The van der Waals surface area contributed by atoms with Gasteiger partial charge in [-0.1, -0.05) is 0 Å². The zero-order chi connectivity index (χ0) is 5.98. The molecule has 1 aromatic carbocycles. The minimum atomic E-state index is -0.536. The van der Waals surface area contributed by atoms with Crippen molar-refractivity contribution in [2.75, 3.05) is 0 Å². The van der Waals surface area contributed by atoms with Gasteiger partial charge in [-0.25, -0.2) is 4.39 Å². The molecule has 0 saturated heterocycles. The van der Waals surface area contributed by atoms with Crippen molar-refractivity contribution in [1.82, 2.24) is 0 Å². The van der Waals surface area contributed by atoms with Crippen molar-refractivity contribution in [2.24, 2.45) is 0 Å². The van der Waals surface area contributed by atoms with E-state index in [1.165, 1.54) is 0 Å². The van der Waals surface area contributed by atoms with Crippen LogP contribution in [0.3, 0.4) is 0 Å². The van der Waals surface area contributed by atoms with Gasteiger partial charge < -0.3 is 0 Å². The van der Waals surface area contributed by atoms with E-state index in [0.717, 1.165) is 18.2 Å². The van der Waals surface area contributed by atoms with Crippen LogP contribution < -0.4 is 0 Å². The molecule has 0 bridgehead atoms. The third-order valence-electron chi connectivity index (χ3n) is 0.737. The Labute approximate surface area is 66.8 Å². The van der Waals surface area contributed by atoms with Gasteiger partial charge in [0.25, 0.3) is 0 Å². The molecule has 1 aromatic rings. The summed E-state index contributed by atoms with van der Waals surface area (Å²) in [6.07, 6.45) is 0. The second-order valence-corrected chi connectivity index (χ2v) is 1.35. The molecule has 0 aliphatic heterocycles. The average molecular weight is 161 g/mol. The number of rotatable bonds is 0. The molecule has 3 heteroatoms. The summed E-state index contributed by atoms with van der Waals surface area (Å²) in [5.74, 6) is -1.00. The molecule has 9 heavy (non-hydrogen) atoms. The van der Waals surface area contributed by atoms with Crippen molar-refractivity contribution in [3.8, 4) is 0 Å². The maximum atomic E-state index is 11.9. The number of hydrogen-bond acceptors (Lipinski definition) is 0. The largest absolute Gasteiger partial charge is 0.284 e. The molecule has 0 atom stereocenters. The minimum absolute atomic E-state index is 0. The predicted molar refractivity (Wildman–Crippen MR) is 25.2 cm³/mol. The second-order valence-electron chi connectivity index (χ2n) is 1.35. The Morgan fingerprint density at radius 1 is 1.22 bits per heavy atom. The van der Waals surface area contributed by atoms with Crippen LogP contribution in [0.1, 0.15) is 0 Å². The molecular formula is C6H3F2Ti-. The molecule has 46 valence electrons. The van der Waals surface area contributed by atoms with Crippen molar-refractivity contribution in [1.29, 1.82) is 0 Å². The number of hydrogen-bond donors (Lipinski definition) is 0. The third kappa shape index (κ3) is 2.73. The van der Waals surface area contributed by atoms with Crippen LogP contribution in [-0.4, -0.2) is 0 Å². The van der Waals surface area contributed by atoms with Crippen LogP contribution in [0.25, 0.3) is 0 Å². The normalized spacial score (nSPS) is 8.22. The quantitative estimate of drug-likeness (QED) is 0.401. The number of halogens is 2. The molecule has 0 N–H and O–H groups in total. The molecule has 0 aromatic heterocycles. The summed E-state index contributed by atoms with van der Waals surface area (Å²) in [4.78, 5) is 0. The SMILES string of the molecule is Fc1[c-]cc(F)cc1.[Ti]. The standard InChI is InChI=1S/C6H3F2.Ti/c7-5-1-2-6(8)4-3-5;/h1-3H;/q-1;. The summed E-state index contributed by atoms with van der Waals surface area (Å²) in [6.45, 7) is 0. The Balaban J connectivity index is 0.000000640. The predicted octanol–water partition coefficient (Wildman–Crippen LogP) is 1.76. The molecule has 0 aliphatic rings. The summed E-state index contributed by atoms with van der Waals surface area (Å²) < 4.78 is 23.8. The van der Waals surface area contributed by atoms with Crippen LogP contribution in [0.2, 0.25) is 0 Å². The van der Waals surface area contributed by atoms with Gasteiger partial charge in [0.1, 0.15) is 0 Å². The molecule has 0 fully saturated rings. The minimum Gasteiger partial charge on any atom is -0.284 e. The van der Waals surface area contributed by atoms with Crippen LogP contribution >= 0.6 is 0 Å². The first-order chi connectivity index (χ1) is 3.79. The van der Waals surface area contributed by atoms with Crippen molar-refractivity contribution in [2.45, 2.75) is 0 Å².